The van der Waals surface area contributed by atoms with Crippen LogP contribution in [0.4, 0.5) is 5.00 Å². The zero-order chi connectivity index (χ0) is 31.5. The van der Waals surface area contributed by atoms with E-state index in [0.29, 0.717) is 46.6 Å². The number of thiophene rings is 1. The molecule has 0 spiro atoms. The summed E-state index contributed by atoms with van der Waals surface area (Å²) in [6, 6.07) is 11.9. The summed E-state index contributed by atoms with van der Waals surface area (Å²) in [4.78, 5) is 39.5. The number of nitrogens with zero attached hydrogens (tertiary/aromatic N) is 1. The molecule has 0 aliphatic heterocycles. The highest BCUT2D eigenvalue weighted by atomic mass is 32.1. The van der Waals surface area contributed by atoms with Gasteiger partial charge in [0, 0.05) is 10.4 Å². The number of carbonyl (C=O) groups excluding carboxylic acids is 3. The second-order valence-corrected chi connectivity index (χ2v) is 11.2. The lowest BCUT2D eigenvalue weighted by atomic mass is 9.95. The lowest BCUT2D eigenvalue weighted by Crippen LogP contribution is -2.33. The van der Waals surface area contributed by atoms with Crippen molar-refractivity contribution in [2.24, 2.45) is 5.10 Å². The summed E-state index contributed by atoms with van der Waals surface area (Å²) in [5.41, 5.74) is 5.06. The van der Waals surface area contributed by atoms with Crippen LogP contribution in [0.25, 0.3) is 0 Å². The number of esters is 1. The minimum Gasteiger partial charge on any atom is -0.490 e. The van der Waals surface area contributed by atoms with Crippen molar-refractivity contribution in [3.8, 4) is 17.2 Å². The molecule has 1 heterocycles. The van der Waals surface area contributed by atoms with Gasteiger partial charge >= 0.3 is 5.97 Å². The largest absolute Gasteiger partial charge is 0.490 e. The summed E-state index contributed by atoms with van der Waals surface area (Å²) < 4.78 is 22.4. The molecule has 234 valence electrons. The average molecular weight is 622 g/mol. The van der Waals surface area contributed by atoms with Gasteiger partial charge in [-0.15, -0.1) is 11.3 Å². The molecule has 2 amide bonds. The minimum absolute atomic E-state index is 0.263. The number of aryl methyl sites for hydroxylation is 1. The maximum atomic E-state index is 13.1. The van der Waals surface area contributed by atoms with Crippen LogP contribution in [0.3, 0.4) is 0 Å². The first-order valence-electron chi connectivity index (χ1n) is 15.0. The van der Waals surface area contributed by atoms with Gasteiger partial charge in [0.25, 0.3) is 11.8 Å². The van der Waals surface area contributed by atoms with Crippen LogP contribution in [0.2, 0.25) is 0 Å². The normalized spacial score (nSPS) is 13.1. The monoisotopic (exact) mass is 621 g/mol. The summed E-state index contributed by atoms with van der Waals surface area (Å²) in [5.74, 6) is 0.484. The summed E-state index contributed by atoms with van der Waals surface area (Å²) >= 11 is 1.44. The van der Waals surface area contributed by atoms with Crippen LogP contribution in [-0.2, 0) is 22.4 Å². The van der Waals surface area contributed by atoms with Crippen molar-refractivity contribution in [2.75, 3.05) is 25.1 Å². The molecule has 10 nitrogen and oxygen atoms in total. The zero-order valence-corrected chi connectivity index (χ0v) is 26.4. The molecule has 1 aliphatic rings. The van der Waals surface area contributed by atoms with Crippen molar-refractivity contribution >= 4 is 40.3 Å². The van der Waals surface area contributed by atoms with E-state index in [9.17, 15) is 14.4 Å². The number of carbonyl (C=O) groups is 3. The standard InChI is InChI=1S/C33H39N3O7S/c1-5-18-42-26-17-12-22(19-27(26)40-6-2)20-34-36-30(37)21(4)43-24-15-13-23(14-16-24)31(38)35-32-29(33(39)41-7-3)25-10-8-9-11-28(25)44-32/h12-17,19-21H,5-11,18H2,1-4H3,(H,35,38)(H,36,37). The number of anilines is 1. The Morgan fingerprint density at radius 3 is 2.48 bits per heavy atom. The minimum atomic E-state index is -0.847. The Balaban J connectivity index is 1.33. The lowest BCUT2D eigenvalue weighted by Gasteiger charge is -2.14. The van der Waals surface area contributed by atoms with Crippen molar-refractivity contribution < 1.29 is 33.3 Å². The first-order chi connectivity index (χ1) is 21.3. The molecule has 0 radical (unpaired) electrons. The van der Waals surface area contributed by atoms with Crippen LogP contribution in [0, 0.1) is 0 Å². The SMILES string of the molecule is CCCOc1ccc(C=NNC(=O)C(C)Oc2ccc(C(=O)Nc3sc4c(c3C(=O)OCC)CCCC4)cc2)cc1OCC. The Kier molecular flexibility index (Phi) is 11.8. The van der Waals surface area contributed by atoms with Gasteiger partial charge in [0.2, 0.25) is 0 Å². The Hall–Kier alpha value is -4.38. The molecule has 2 N–H and O–H groups in total. The summed E-state index contributed by atoms with van der Waals surface area (Å²) in [6.07, 6.45) is 5.31. The highest BCUT2D eigenvalue weighted by molar-refractivity contribution is 7.17. The number of benzene rings is 2. The average Bonchev–Trinajstić information content (AvgIpc) is 3.39. The zero-order valence-electron chi connectivity index (χ0n) is 25.6. The molecule has 1 aliphatic carbocycles. The number of ether oxygens (including phenoxy) is 4. The van der Waals surface area contributed by atoms with Gasteiger partial charge in [-0.25, -0.2) is 10.2 Å². The van der Waals surface area contributed by atoms with Gasteiger partial charge in [-0.05, 0) is 106 Å². The molecular formula is C33H39N3O7S. The molecule has 11 heteroatoms. The molecule has 0 fully saturated rings. The molecule has 3 aromatic rings. The van der Waals surface area contributed by atoms with Crippen molar-refractivity contribution in [2.45, 2.75) is 65.9 Å². The van der Waals surface area contributed by atoms with Crippen LogP contribution >= 0.6 is 11.3 Å². The maximum Gasteiger partial charge on any atom is 0.341 e. The highest BCUT2D eigenvalue weighted by Crippen LogP contribution is 2.39. The van der Waals surface area contributed by atoms with Crippen LogP contribution in [0.5, 0.6) is 17.2 Å². The number of hydrogen-bond donors (Lipinski definition) is 2. The fourth-order valence-electron chi connectivity index (χ4n) is 4.66. The van der Waals surface area contributed by atoms with E-state index in [1.165, 1.54) is 17.6 Å². The van der Waals surface area contributed by atoms with E-state index in [-0.39, 0.29) is 12.5 Å². The number of nitrogens with one attached hydrogen (secondary N) is 2. The fourth-order valence-corrected chi connectivity index (χ4v) is 5.93. The summed E-state index contributed by atoms with van der Waals surface area (Å²) in [6.45, 7) is 8.64. The van der Waals surface area contributed by atoms with Crippen LogP contribution in [0.1, 0.15) is 83.7 Å². The van der Waals surface area contributed by atoms with E-state index < -0.39 is 18.0 Å². The third kappa shape index (κ3) is 8.37. The van der Waals surface area contributed by atoms with Gasteiger partial charge in [-0.3, -0.25) is 9.59 Å². The second-order valence-electron chi connectivity index (χ2n) is 10.1. The van der Waals surface area contributed by atoms with Gasteiger partial charge in [-0.1, -0.05) is 6.92 Å². The van der Waals surface area contributed by atoms with E-state index in [1.54, 1.807) is 44.2 Å². The predicted octanol–water partition coefficient (Wildman–Crippen LogP) is 6.16. The molecule has 2 aromatic carbocycles. The third-order valence-corrected chi connectivity index (χ3v) is 8.00. The number of amides is 2. The van der Waals surface area contributed by atoms with E-state index in [2.05, 4.69) is 15.8 Å². The Bertz CT molecular complexity index is 1480. The molecule has 0 bridgehead atoms. The number of hydrazone groups is 1. The van der Waals surface area contributed by atoms with Crippen molar-refractivity contribution in [3.05, 3.63) is 69.6 Å². The predicted molar refractivity (Wildman–Crippen MR) is 171 cm³/mol. The van der Waals surface area contributed by atoms with Crippen LogP contribution in [-0.4, -0.2) is 49.9 Å². The Morgan fingerprint density at radius 1 is 0.977 bits per heavy atom. The first kappa shape index (κ1) is 32.5. The molecule has 44 heavy (non-hydrogen) atoms. The highest BCUT2D eigenvalue weighted by Gasteiger charge is 2.27. The van der Waals surface area contributed by atoms with E-state index >= 15 is 0 Å². The molecule has 1 unspecified atom stereocenters. The molecular weight excluding hydrogens is 582 g/mol. The van der Waals surface area contributed by atoms with Gasteiger partial charge in [-0.2, -0.15) is 5.10 Å². The summed E-state index contributed by atoms with van der Waals surface area (Å²) in [5, 5.41) is 7.46. The molecule has 1 aromatic heterocycles. The lowest BCUT2D eigenvalue weighted by molar-refractivity contribution is -0.127. The van der Waals surface area contributed by atoms with Gasteiger partial charge in [0.05, 0.1) is 31.6 Å². The first-order valence-corrected chi connectivity index (χ1v) is 15.8. The van der Waals surface area contributed by atoms with Crippen molar-refractivity contribution in [3.63, 3.8) is 0 Å². The van der Waals surface area contributed by atoms with Crippen molar-refractivity contribution in [1.82, 2.24) is 5.43 Å². The Labute approximate surface area is 261 Å². The Morgan fingerprint density at radius 2 is 1.75 bits per heavy atom. The van der Waals surface area contributed by atoms with E-state index in [4.69, 9.17) is 18.9 Å². The van der Waals surface area contributed by atoms with Crippen LogP contribution < -0.4 is 25.0 Å². The van der Waals surface area contributed by atoms with E-state index in [1.807, 2.05) is 26.0 Å². The fraction of sp³-hybridized carbons (Fsp3) is 0.394. The molecule has 1 atom stereocenters. The van der Waals surface area contributed by atoms with Crippen LogP contribution in [0.15, 0.2) is 47.6 Å². The van der Waals surface area contributed by atoms with Gasteiger partial charge in [0.1, 0.15) is 10.8 Å². The number of hydrogen-bond acceptors (Lipinski definition) is 9. The quantitative estimate of drug-likeness (QED) is 0.125. The second kappa shape index (κ2) is 15.9. The smallest absolute Gasteiger partial charge is 0.341 e. The van der Waals surface area contributed by atoms with E-state index in [0.717, 1.165) is 48.1 Å². The van der Waals surface area contributed by atoms with Crippen molar-refractivity contribution in [1.29, 1.82) is 0 Å². The number of rotatable bonds is 14. The van der Waals surface area contributed by atoms with Gasteiger partial charge in [0.15, 0.2) is 17.6 Å². The molecule has 4 rings (SSSR count). The van der Waals surface area contributed by atoms with Gasteiger partial charge < -0.3 is 24.3 Å². The molecule has 0 saturated carbocycles. The number of fused-ring (bicyclic) bond motifs is 1. The molecule has 0 saturated heterocycles. The topological polar surface area (TPSA) is 125 Å². The maximum absolute atomic E-state index is 13.1. The summed E-state index contributed by atoms with van der Waals surface area (Å²) in [7, 11) is 0. The third-order valence-electron chi connectivity index (χ3n) is 6.79.